The highest BCUT2D eigenvalue weighted by atomic mass is 16.6. The predicted molar refractivity (Wildman–Crippen MR) is 68.0 cm³/mol. The summed E-state index contributed by atoms with van der Waals surface area (Å²) in [6.45, 7) is 2.17. The Bertz CT molecular complexity index is 439. The van der Waals surface area contributed by atoms with Crippen LogP contribution in [0.2, 0.25) is 0 Å². The average Bonchev–Trinajstić information content (AvgIpc) is 2.68. The second-order valence-corrected chi connectivity index (χ2v) is 4.92. The van der Waals surface area contributed by atoms with E-state index in [2.05, 4.69) is 12.2 Å². The van der Waals surface area contributed by atoms with Crippen molar-refractivity contribution in [2.24, 2.45) is 0 Å². The molecule has 17 heavy (non-hydrogen) atoms. The Balaban J connectivity index is 2.19. The molecule has 1 aromatic rings. The summed E-state index contributed by atoms with van der Waals surface area (Å²) in [4.78, 5) is 10.2. The predicted octanol–water partition coefficient (Wildman–Crippen LogP) is 2.92. The molecule has 0 heterocycles. The molecule has 0 aliphatic heterocycles. The normalized spacial score (nSPS) is 17.9. The number of benzene rings is 1. The summed E-state index contributed by atoms with van der Waals surface area (Å²) in [5.74, 6) is 0. The van der Waals surface area contributed by atoms with Crippen LogP contribution in [0.4, 0.5) is 17.1 Å². The molecule has 1 aliphatic rings. The number of nitrogen functional groups attached to an aromatic ring is 1. The number of rotatable bonds is 3. The largest absolute Gasteiger partial charge is 0.397 e. The van der Waals surface area contributed by atoms with Crippen LogP contribution in [0.15, 0.2) is 18.2 Å². The maximum absolute atomic E-state index is 10.6. The van der Waals surface area contributed by atoms with Crippen LogP contribution in [0.25, 0.3) is 0 Å². The molecule has 3 N–H and O–H groups in total. The number of nitro benzene ring substituents is 1. The van der Waals surface area contributed by atoms with Gasteiger partial charge in [0.15, 0.2) is 0 Å². The number of non-ortho nitro benzene ring substituents is 1. The summed E-state index contributed by atoms with van der Waals surface area (Å²) in [7, 11) is 0. The molecule has 2 rings (SSSR count). The minimum absolute atomic E-state index is 0.0321. The topological polar surface area (TPSA) is 81.2 Å². The van der Waals surface area contributed by atoms with E-state index >= 15 is 0 Å². The quantitative estimate of drug-likeness (QED) is 0.479. The van der Waals surface area contributed by atoms with E-state index in [-0.39, 0.29) is 11.2 Å². The number of nitro groups is 1. The standard InChI is InChI=1S/C12H17N3O2/c1-12(6-2-3-7-12)14-11-5-4-9(15(16)17)8-10(11)13/h4-5,8,14H,2-3,6-7,13H2,1H3. The molecule has 0 saturated heterocycles. The van der Waals surface area contributed by atoms with E-state index < -0.39 is 4.92 Å². The molecule has 0 aromatic heterocycles. The molecule has 5 nitrogen and oxygen atoms in total. The number of hydrogen-bond donors (Lipinski definition) is 2. The smallest absolute Gasteiger partial charge is 0.271 e. The Labute approximate surface area is 100 Å². The Morgan fingerprint density at radius 1 is 1.41 bits per heavy atom. The van der Waals surface area contributed by atoms with Crippen molar-refractivity contribution in [1.29, 1.82) is 0 Å². The Morgan fingerprint density at radius 3 is 2.59 bits per heavy atom. The first-order valence-corrected chi connectivity index (χ1v) is 5.82. The van der Waals surface area contributed by atoms with Crippen LogP contribution in [0.5, 0.6) is 0 Å². The molecule has 0 amide bonds. The molecule has 0 atom stereocenters. The monoisotopic (exact) mass is 235 g/mol. The second-order valence-electron chi connectivity index (χ2n) is 4.92. The van der Waals surface area contributed by atoms with Crippen LogP contribution in [0, 0.1) is 10.1 Å². The third-order valence-electron chi connectivity index (χ3n) is 3.39. The minimum Gasteiger partial charge on any atom is -0.397 e. The van der Waals surface area contributed by atoms with Gasteiger partial charge in [0.25, 0.3) is 5.69 Å². The van der Waals surface area contributed by atoms with Crippen molar-refractivity contribution in [3.05, 3.63) is 28.3 Å². The highest BCUT2D eigenvalue weighted by Gasteiger charge is 2.28. The first-order valence-electron chi connectivity index (χ1n) is 5.82. The number of hydrogen-bond acceptors (Lipinski definition) is 4. The molecule has 0 radical (unpaired) electrons. The van der Waals surface area contributed by atoms with Crippen molar-refractivity contribution < 1.29 is 4.92 Å². The fourth-order valence-electron chi connectivity index (χ4n) is 2.38. The zero-order valence-electron chi connectivity index (χ0n) is 9.90. The van der Waals surface area contributed by atoms with Gasteiger partial charge >= 0.3 is 0 Å². The number of anilines is 2. The maximum Gasteiger partial charge on any atom is 0.271 e. The highest BCUT2D eigenvalue weighted by Crippen LogP contribution is 2.35. The fraction of sp³-hybridized carbons (Fsp3) is 0.500. The lowest BCUT2D eigenvalue weighted by atomic mass is 10.00. The van der Waals surface area contributed by atoms with Gasteiger partial charge in [0, 0.05) is 17.7 Å². The van der Waals surface area contributed by atoms with Crippen molar-refractivity contribution in [3.8, 4) is 0 Å². The minimum atomic E-state index is -0.433. The lowest BCUT2D eigenvalue weighted by Crippen LogP contribution is -2.31. The Hall–Kier alpha value is -1.78. The maximum atomic E-state index is 10.6. The lowest BCUT2D eigenvalue weighted by molar-refractivity contribution is -0.384. The van der Waals surface area contributed by atoms with Crippen LogP contribution >= 0.6 is 0 Å². The average molecular weight is 235 g/mol. The molecule has 5 heteroatoms. The summed E-state index contributed by atoms with van der Waals surface area (Å²) in [5.41, 5.74) is 7.16. The zero-order valence-corrected chi connectivity index (χ0v) is 9.90. The van der Waals surface area contributed by atoms with Crippen molar-refractivity contribution in [2.75, 3.05) is 11.1 Å². The van der Waals surface area contributed by atoms with Gasteiger partial charge in [0.1, 0.15) is 0 Å². The van der Waals surface area contributed by atoms with Gasteiger partial charge in [0.2, 0.25) is 0 Å². The molecule has 92 valence electrons. The van der Waals surface area contributed by atoms with Gasteiger partial charge in [-0.15, -0.1) is 0 Å². The van der Waals surface area contributed by atoms with E-state index in [1.165, 1.54) is 25.0 Å². The lowest BCUT2D eigenvalue weighted by Gasteiger charge is -2.27. The van der Waals surface area contributed by atoms with Crippen LogP contribution < -0.4 is 11.1 Å². The third kappa shape index (κ3) is 2.49. The van der Waals surface area contributed by atoms with E-state index in [0.717, 1.165) is 18.5 Å². The Kier molecular flexibility index (Phi) is 2.92. The van der Waals surface area contributed by atoms with E-state index in [0.29, 0.717) is 5.69 Å². The fourth-order valence-corrected chi connectivity index (χ4v) is 2.38. The zero-order chi connectivity index (χ0) is 12.5. The molecule has 0 unspecified atom stereocenters. The summed E-state index contributed by atoms with van der Waals surface area (Å²) < 4.78 is 0. The van der Waals surface area contributed by atoms with Crippen molar-refractivity contribution in [1.82, 2.24) is 0 Å². The van der Waals surface area contributed by atoms with Gasteiger partial charge < -0.3 is 11.1 Å². The first kappa shape index (κ1) is 11.7. The van der Waals surface area contributed by atoms with Gasteiger partial charge in [-0.3, -0.25) is 10.1 Å². The second kappa shape index (κ2) is 4.24. The van der Waals surface area contributed by atoms with Gasteiger partial charge in [-0.25, -0.2) is 0 Å². The van der Waals surface area contributed by atoms with Crippen LogP contribution in [-0.2, 0) is 0 Å². The van der Waals surface area contributed by atoms with Crippen molar-refractivity contribution in [3.63, 3.8) is 0 Å². The number of nitrogens with zero attached hydrogens (tertiary/aromatic N) is 1. The van der Waals surface area contributed by atoms with E-state index in [1.54, 1.807) is 6.07 Å². The molecule has 1 fully saturated rings. The molecule has 1 aliphatic carbocycles. The third-order valence-corrected chi connectivity index (χ3v) is 3.39. The van der Waals surface area contributed by atoms with Crippen molar-refractivity contribution in [2.45, 2.75) is 38.1 Å². The molecular weight excluding hydrogens is 218 g/mol. The molecule has 1 aromatic carbocycles. The summed E-state index contributed by atoms with van der Waals surface area (Å²) in [6, 6.07) is 4.58. The van der Waals surface area contributed by atoms with Crippen LogP contribution in [-0.4, -0.2) is 10.5 Å². The molecular formula is C12H17N3O2. The van der Waals surface area contributed by atoms with Crippen LogP contribution in [0.1, 0.15) is 32.6 Å². The van der Waals surface area contributed by atoms with Gasteiger partial charge in [-0.1, -0.05) is 12.8 Å². The summed E-state index contributed by atoms with van der Waals surface area (Å²) in [5, 5.41) is 14.0. The highest BCUT2D eigenvalue weighted by molar-refractivity contribution is 5.70. The number of nitrogens with one attached hydrogen (secondary N) is 1. The van der Waals surface area contributed by atoms with Crippen LogP contribution in [0.3, 0.4) is 0 Å². The first-order chi connectivity index (χ1) is 8.00. The van der Waals surface area contributed by atoms with E-state index in [9.17, 15) is 10.1 Å². The summed E-state index contributed by atoms with van der Waals surface area (Å²) in [6.07, 6.45) is 4.67. The molecule has 0 spiro atoms. The van der Waals surface area contributed by atoms with Gasteiger partial charge in [-0.05, 0) is 25.8 Å². The summed E-state index contributed by atoms with van der Waals surface area (Å²) >= 11 is 0. The van der Waals surface area contributed by atoms with Gasteiger partial charge in [-0.2, -0.15) is 0 Å². The molecule has 0 bridgehead atoms. The Morgan fingerprint density at radius 2 is 2.06 bits per heavy atom. The van der Waals surface area contributed by atoms with E-state index in [1.807, 2.05) is 0 Å². The van der Waals surface area contributed by atoms with E-state index in [4.69, 9.17) is 5.73 Å². The SMILES string of the molecule is CC1(Nc2ccc([N+](=O)[O-])cc2N)CCCC1. The number of nitrogens with two attached hydrogens (primary N) is 1. The van der Waals surface area contributed by atoms with Crippen molar-refractivity contribution >= 4 is 17.1 Å². The molecule has 1 saturated carbocycles. The van der Waals surface area contributed by atoms with Gasteiger partial charge in [0.05, 0.1) is 16.3 Å².